The molecule has 42 heavy (non-hydrogen) atoms. The van der Waals surface area contributed by atoms with Crippen molar-refractivity contribution in [1.29, 1.82) is 0 Å². The Bertz CT molecular complexity index is 1210. The van der Waals surface area contributed by atoms with Crippen molar-refractivity contribution in [3.63, 3.8) is 0 Å². The van der Waals surface area contributed by atoms with Crippen LogP contribution < -0.4 is 10.6 Å². The summed E-state index contributed by atoms with van der Waals surface area (Å²) in [6.07, 6.45) is 14.1. The lowest BCUT2D eigenvalue weighted by Crippen LogP contribution is -2.43. The number of amides is 2. The van der Waals surface area contributed by atoms with Gasteiger partial charge in [-0.3, -0.25) is 9.59 Å². The number of aromatic hydroxyl groups is 1. The highest BCUT2D eigenvalue weighted by molar-refractivity contribution is 5.91. The zero-order valence-corrected chi connectivity index (χ0v) is 24.9. The maximum atomic E-state index is 12.9. The summed E-state index contributed by atoms with van der Waals surface area (Å²) in [5.41, 5.74) is 2.06. The molecule has 0 aromatic heterocycles. The van der Waals surface area contributed by atoms with Gasteiger partial charge in [0.15, 0.2) is 0 Å². The van der Waals surface area contributed by atoms with Gasteiger partial charge in [0.05, 0.1) is 18.6 Å². The topological polar surface area (TPSA) is 134 Å². The summed E-state index contributed by atoms with van der Waals surface area (Å²) in [5, 5.41) is 26.9. The highest BCUT2D eigenvalue weighted by Gasteiger charge is 2.33. The number of methoxy groups -OCH3 is 1. The van der Waals surface area contributed by atoms with Gasteiger partial charge in [-0.2, -0.15) is 0 Å². The standard InChI is InChI=1S/C33H44N2O7/c1-21-11-10-12-24-17-26(19-27(36)18-24)35-30(37)20-28(41-4)13-8-6-5-7-9-14-29(22(2)31(21)38)42-33(40)23(3)34-32(39)25-15-16-25/h5-9,11,13,17-19,22-23,25,28-29,31,36,38H,10,12,14-16,20H2,1-4H3,(H,34,39)(H,35,37)/b6-5+,9-7+,13-8+,21-11-/t22-,23+,28-,29-,31-/m0/s1. The first kappa shape index (κ1) is 32.8. The largest absolute Gasteiger partial charge is 0.508 e. The highest BCUT2D eigenvalue weighted by Crippen LogP contribution is 2.29. The molecule has 2 aliphatic rings. The van der Waals surface area contributed by atoms with E-state index in [1.165, 1.54) is 13.2 Å². The van der Waals surface area contributed by atoms with Crippen LogP contribution in [0.3, 0.4) is 0 Å². The van der Waals surface area contributed by atoms with Gasteiger partial charge in [0.25, 0.3) is 0 Å². The van der Waals surface area contributed by atoms with Gasteiger partial charge in [-0.15, -0.1) is 0 Å². The second-order valence-corrected chi connectivity index (χ2v) is 11.1. The SMILES string of the molecule is CO[C@H]1/C=C/C=C/C=C/C[C@H](OC(=O)[C@@H](C)NC(=O)C2CC2)[C@H](C)[C@@H](O)/C(C)=C\CCc2cc(O)cc(c2)NC(=O)C1. The molecule has 1 saturated carbocycles. The van der Waals surface area contributed by atoms with Crippen molar-refractivity contribution < 1.29 is 34.1 Å². The van der Waals surface area contributed by atoms with Crippen LogP contribution in [0, 0.1) is 11.8 Å². The van der Waals surface area contributed by atoms with E-state index in [1.54, 1.807) is 31.2 Å². The van der Waals surface area contributed by atoms with E-state index in [0.717, 1.165) is 24.0 Å². The normalized spacial score (nSPS) is 28.5. The van der Waals surface area contributed by atoms with E-state index < -0.39 is 36.2 Å². The lowest BCUT2D eigenvalue weighted by Gasteiger charge is -2.29. The number of nitrogens with one attached hydrogen (secondary N) is 2. The minimum atomic E-state index is -0.870. The first-order valence-corrected chi connectivity index (χ1v) is 14.6. The Morgan fingerprint density at radius 1 is 1.12 bits per heavy atom. The first-order valence-electron chi connectivity index (χ1n) is 14.6. The van der Waals surface area contributed by atoms with E-state index in [1.807, 2.05) is 44.2 Å². The van der Waals surface area contributed by atoms with Crippen molar-refractivity contribution in [3.8, 4) is 5.75 Å². The average molecular weight is 581 g/mol. The Balaban J connectivity index is 1.80. The molecule has 1 aromatic rings. The van der Waals surface area contributed by atoms with Crippen LogP contribution in [0.4, 0.5) is 5.69 Å². The molecule has 1 fully saturated rings. The number of ether oxygens (including phenoxy) is 2. The molecule has 2 bridgehead atoms. The van der Waals surface area contributed by atoms with Gasteiger partial charge in [-0.1, -0.05) is 49.5 Å². The van der Waals surface area contributed by atoms with Crippen molar-refractivity contribution in [2.45, 2.75) is 83.6 Å². The summed E-state index contributed by atoms with van der Waals surface area (Å²) in [6, 6.07) is 4.16. The Labute approximate surface area is 248 Å². The molecule has 1 heterocycles. The maximum absolute atomic E-state index is 12.9. The molecule has 0 saturated heterocycles. The fraction of sp³-hybridized carbons (Fsp3) is 0.485. The molecule has 3 rings (SSSR count). The molecular weight excluding hydrogens is 536 g/mol. The number of phenols is 1. The number of hydrogen-bond donors (Lipinski definition) is 4. The minimum Gasteiger partial charge on any atom is -0.508 e. The van der Waals surface area contributed by atoms with E-state index in [0.29, 0.717) is 24.9 Å². The quantitative estimate of drug-likeness (QED) is 0.297. The lowest BCUT2D eigenvalue weighted by atomic mass is 9.90. The lowest BCUT2D eigenvalue weighted by molar-refractivity contribution is -0.156. The van der Waals surface area contributed by atoms with Crippen LogP contribution >= 0.6 is 0 Å². The Hall–Kier alpha value is -3.69. The van der Waals surface area contributed by atoms with Crippen LogP contribution in [0.25, 0.3) is 0 Å². The van der Waals surface area contributed by atoms with Gasteiger partial charge in [-0.05, 0) is 62.8 Å². The number of hydrogen-bond acceptors (Lipinski definition) is 7. The van der Waals surface area contributed by atoms with Crippen molar-refractivity contribution in [2.24, 2.45) is 11.8 Å². The molecule has 0 unspecified atom stereocenters. The van der Waals surface area contributed by atoms with E-state index in [9.17, 15) is 24.6 Å². The van der Waals surface area contributed by atoms with E-state index in [2.05, 4.69) is 10.6 Å². The Kier molecular flexibility index (Phi) is 12.6. The number of aliphatic hydroxyl groups is 1. The molecule has 1 aromatic carbocycles. The fourth-order valence-corrected chi connectivity index (χ4v) is 4.69. The number of benzene rings is 1. The van der Waals surface area contributed by atoms with Crippen molar-refractivity contribution in [2.75, 3.05) is 12.4 Å². The smallest absolute Gasteiger partial charge is 0.328 e. The third-order valence-corrected chi connectivity index (χ3v) is 7.49. The van der Waals surface area contributed by atoms with Gasteiger partial charge >= 0.3 is 5.97 Å². The molecule has 1 aliphatic carbocycles. The Morgan fingerprint density at radius 2 is 1.86 bits per heavy atom. The summed E-state index contributed by atoms with van der Waals surface area (Å²) in [4.78, 5) is 37.6. The van der Waals surface area contributed by atoms with Gasteiger partial charge in [0.1, 0.15) is 17.9 Å². The third-order valence-electron chi connectivity index (χ3n) is 7.49. The predicted octanol–water partition coefficient (Wildman–Crippen LogP) is 4.51. The van der Waals surface area contributed by atoms with Crippen LogP contribution in [0.2, 0.25) is 0 Å². The molecule has 9 nitrogen and oxygen atoms in total. The van der Waals surface area contributed by atoms with Gasteiger partial charge in [0, 0.05) is 37.1 Å². The van der Waals surface area contributed by atoms with Crippen LogP contribution in [0.5, 0.6) is 5.75 Å². The predicted molar refractivity (Wildman–Crippen MR) is 162 cm³/mol. The van der Waals surface area contributed by atoms with Crippen LogP contribution in [0.15, 0.2) is 66.3 Å². The number of esters is 1. The second-order valence-electron chi connectivity index (χ2n) is 11.1. The fourth-order valence-electron chi connectivity index (χ4n) is 4.69. The molecule has 2 amide bonds. The van der Waals surface area contributed by atoms with Crippen LogP contribution in [-0.4, -0.2) is 59.5 Å². The third kappa shape index (κ3) is 10.6. The molecule has 1 aliphatic heterocycles. The molecule has 228 valence electrons. The van der Waals surface area contributed by atoms with Crippen molar-refractivity contribution in [3.05, 3.63) is 71.9 Å². The molecular formula is C33H44N2O7. The van der Waals surface area contributed by atoms with Gasteiger partial charge < -0.3 is 30.3 Å². The number of aryl methyl sites for hydroxylation is 1. The first-order chi connectivity index (χ1) is 20.1. The zero-order valence-electron chi connectivity index (χ0n) is 24.9. The minimum absolute atomic E-state index is 0.0194. The molecule has 0 spiro atoms. The summed E-state index contributed by atoms with van der Waals surface area (Å²) in [6.45, 7) is 5.28. The molecule has 4 N–H and O–H groups in total. The zero-order chi connectivity index (χ0) is 30.6. The monoisotopic (exact) mass is 580 g/mol. The van der Waals surface area contributed by atoms with E-state index in [-0.39, 0.29) is 29.9 Å². The molecule has 5 atom stereocenters. The Morgan fingerprint density at radius 3 is 2.57 bits per heavy atom. The summed E-state index contributed by atoms with van der Waals surface area (Å²) >= 11 is 0. The highest BCUT2D eigenvalue weighted by atomic mass is 16.5. The number of allylic oxidation sites excluding steroid dienone is 5. The van der Waals surface area contributed by atoms with Crippen molar-refractivity contribution >= 4 is 23.5 Å². The number of anilines is 1. The number of fused-ring (bicyclic) bond motifs is 2. The number of carbonyl (C=O) groups excluding carboxylic acids is 3. The number of carbonyl (C=O) groups is 3. The molecule has 9 heteroatoms. The maximum Gasteiger partial charge on any atom is 0.328 e. The van der Waals surface area contributed by atoms with Gasteiger partial charge in [-0.25, -0.2) is 4.79 Å². The van der Waals surface area contributed by atoms with E-state index in [4.69, 9.17) is 9.47 Å². The number of aliphatic hydroxyl groups excluding tert-OH is 1. The number of phenolic OH excluding ortho intramolecular Hbond substituents is 1. The molecule has 0 radical (unpaired) electrons. The summed E-state index contributed by atoms with van der Waals surface area (Å²) < 4.78 is 11.3. The van der Waals surface area contributed by atoms with E-state index >= 15 is 0 Å². The second kappa shape index (κ2) is 16.1. The van der Waals surface area contributed by atoms with Crippen LogP contribution in [0.1, 0.15) is 58.4 Å². The number of rotatable bonds is 5. The van der Waals surface area contributed by atoms with Crippen molar-refractivity contribution in [1.82, 2.24) is 5.32 Å². The average Bonchev–Trinajstić information content (AvgIpc) is 3.79. The summed E-state index contributed by atoms with van der Waals surface area (Å²) in [5.74, 6) is -1.32. The van der Waals surface area contributed by atoms with Gasteiger partial charge in [0.2, 0.25) is 11.8 Å². The van der Waals surface area contributed by atoms with Crippen LogP contribution in [-0.2, 0) is 30.3 Å². The summed E-state index contributed by atoms with van der Waals surface area (Å²) in [7, 11) is 1.53.